The first-order valence-electron chi connectivity index (χ1n) is 20.0. The lowest BCUT2D eigenvalue weighted by Crippen LogP contribution is -2.63. The van der Waals surface area contributed by atoms with Gasteiger partial charge in [0.2, 0.25) is 5.91 Å². The maximum absolute atomic E-state index is 15.9. The summed E-state index contributed by atoms with van der Waals surface area (Å²) in [6.07, 6.45) is -13.4. The van der Waals surface area contributed by atoms with Crippen molar-refractivity contribution >= 4 is 24.0 Å². The Morgan fingerprint density at radius 3 is 1.68 bits per heavy atom. The third kappa shape index (κ3) is 13.4. The predicted octanol–water partition coefficient (Wildman–Crippen LogP) is 7.03. The zero-order chi connectivity index (χ0) is 52.0. The van der Waals surface area contributed by atoms with Gasteiger partial charge in [-0.1, -0.05) is 24.3 Å². The first-order chi connectivity index (χ1) is 31.9. The maximum atomic E-state index is 15.9. The molecule has 4 amide bonds. The Morgan fingerprint density at radius 1 is 0.725 bits per heavy atom. The van der Waals surface area contributed by atoms with E-state index < -0.39 is 121 Å². The molecule has 0 bridgehead atoms. The third-order valence-corrected chi connectivity index (χ3v) is 10.9. The van der Waals surface area contributed by atoms with Crippen LogP contribution in [0.1, 0.15) is 51.9 Å². The number of ether oxygens (including phenoxy) is 2. The summed E-state index contributed by atoms with van der Waals surface area (Å²) in [5.41, 5.74) is -5.28. The number of alkyl halides is 10. The largest absolute Gasteiger partial charge is 0.453 e. The quantitative estimate of drug-likeness (QED) is 0.0481. The normalized spacial score (nSPS) is 14.3. The summed E-state index contributed by atoms with van der Waals surface area (Å²) in [5, 5.41) is 25.1. The van der Waals surface area contributed by atoms with Crippen LogP contribution in [0.25, 0.3) is 22.4 Å². The number of hydrogen-bond donors (Lipinski definition) is 5. The first-order valence-corrected chi connectivity index (χ1v) is 20.0. The molecule has 4 aromatic rings. The molecule has 0 aliphatic carbocycles. The number of aliphatic hydroxyl groups is 1. The molecular weight excluding hydrogens is 958 g/mol. The zero-order valence-electron chi connectivity index (χ0n) is 37.0. The molecular formula is C41H45F12N9O7. The van der Waals surface area contributed by atoms with Gasteiger partial charge < -0.3 is 30.5 Å². The average Bonchev–Trinajstić information content (AvgIpc) is 3.97. The highest BCUT2D eigenvalue weighted by molar-refractivity contribution is 5.87. The number of methoxy groups -OCH3 is 2. The Kier molecular flexibility index (Phi) is 17.4. The standard InChI is InChI=1S/C41H45F12N9O7/c1-38(2,40(48,49)50)30(56-36(66)68-5)32(64)55-28(13-20-7-9-21(10-8-20)23-16-54-62(17-23)35(46)47)29(63)19-60(59-33(65)31(57-37(67)69-6)39(3,4)41(51,52)53)18-24-25(42)14-22(15-26(24)43)27-11-12-61(58-27)34(44)45/h7-12,14-17,28-31,34-35,63H,13,18-19H2,1-6H3,(H,55,64)(H,56,66)(H,57,67)(H,59,65). The van der Waals surface area contributed by atoms with Crippen molar-refractivity contribution in [3.05, 3.63) is 83.8 Å². The van der Waals surface area contributed by atoms with E-state index in [-0.39, 0.29) is 27.1 Å². The Labute approximate surface area is 384 Å². The second-order valence-electron chi connectivity index (χ2n) is 16.4. The van der Waals surface area contributed by atoms with Gasteiger partial charge in [-0.3, -0.25) is 15.0 Å². The third-order valence-electron chi connectivity index (χ3n) is 10.9. The molecule has 2 aromatic carbocycles. The average molecular weight is 1000 g/mol. The second kappa shape index (κ2) is 21.8. The molecule has 5 N–H and O–H groups in total. The highest BCUT2D eigenvalue weighted by atomic mass is 19.4. The SMILES string of the molecule is COC(=O)NC(C(=O)NC(Cc1ccc(-c2cnn(C(F)F)c2)cc1)C(O)CN(Cc1c(F)cc(-c2ccn(C(F)F)n2)cc1F)NC(=O)C(NC(=O)OC)C(C)(C)C(F)(F)F)C(C)(C)C(F)(F)F. The van der Waals surface area contributed by atoms with E-state index >= 15 is 8.78 Å². The lowest BCUT2D eigenvalue weighted by atomic mass is 9.82. The molecule has 0 aliphatic rings. The second-order valence-corrected chi connectivity index (χ2v) is 16.4. The molecule has 28 heteroatoms. The molecule has 4 unspecified atom stereocenters. The van der Waals surface area contributed by atoms with Crippen LogP contribution in [-0.2, 0) is 32.0 Å². The van der Waals surface area contributed by atoms with Crippen LogP contribution >= 0.6 is 0 Å². The number of nitrogens with one attached hydrogen (secondary N) is 4. The number of aliphatic hydroxyl groups excluding tert-OH is 1. The Hall–Kier alpha value is -6.58. The van der Waals surface area contributed by atoms with Crippen LogP contribution in [0.15, 0.2) is 61.1 Å². The van der Waals surface area contributed by atoms with Crippen LogP contribution in [-0.4, -0.2) is 111 Å². The number of aromatic nitrogens is 4. The van der Waals surface area contributed by atoms with Crippen molar-refractivity contribution in [2.45, 2.75) is 90.3 Å². The van der Waals surface area contributed by atoms with E-state index in [2.05, 4.69) is 25.0 Å². The number of benzene rings is 2. The van der Waals surface area contributed by atoms with Gasteiger partial charge in [0.1, 0.15) is 23.7 Å². The van der Waals surface area contributed by atoms with Crippen molar-refractivity contribution in [3.8, 4) is 22.4 Å². The number of carbonyl (C=O) groups is 4. The van der Waals surface area contributed by atoms with E-state index in [0.29, 0.717) is 55.1 Å². The highest BCUT2D eigenvalue weighted by Gasteiger charge is 2.57. The van der Waals surface area contributed by atoms with Crippen LogP contribution in [0.2, 0.25) is 0 Å². The van der Waals surface area contributed by atoms with Crippen LogP contribution in [0.5, 0.6) is 0 Å². The van der Waals surface area contributed by atoms with Gasteiger partial charge in [0.05, 0.1) is 49.1 Å². The van der Waals surface area contributed by atoms with E-state index in [1.807, 2.05) is 5.43 Å². The van der Waals surface area contributed by atoms with Gasteiger partial charge in [0, 0.05) is 42.2 Å². The molecule has 4 atom stereocenters. The number of alkyl carbamates (subject to hydrolysis) is 2. The topological polar surface area (TPSA) is 194 Å². The molecule has 0 aliphatic heterocycles. The van der Waals surface area contributed by atoms with E-state index in [1.165, 1.54) is 24.3 Å². The van der Waals surface area contributed by atoms with E-state index in [4.69, 9.17) is 0 Å². The summed E-state index contributed by atoms with van der Waals surface area (Å²) in [6, 6.07) is 0.726. The minimum absolute atomic E-state index is 0.156. The molecule has 16 nitrogen and oxygen atoms in total. The van der Waals surface area contributed by atoms with Crippen LogP contribution in [0.4, 0.5) is 62.3 Å². The molecule has 4 rings (SSSR count). The Balaban J connectivity index is 1.83. The molecule has 2 aromatic heterocycles. The smallest absolute Gasteiger partial charge is 0.407 e. The van der Waals surface area contributed by atoms with Crippen molar-refractivity contribution in [2.75, 3.05) is 20.8 Å². The van der Waals surface area contributed by atoms with Crippen molar-refractivity contribution in [2.24, 2.45) is 10.8 Å². The minimum atomic E-state index is -5.25. The lowest BCUT2D eigenvalue weighted by Gasteiger charge is -2.38. The highest BCUT2D eigenvalue weighted by Crippen LogP contribution is 2.42. The van der Waals surface area contributed by atoms with E-state index in [9.17, 15) is 68.2 Å². The van der Waals surface area contributed by atoms with Crippen LogP contribution in [0.3, 0.4) is 0 Å². The summed E-state index contributed by atoms with van der Waals surface area (Å²) in [4.78, 5) is 52.2. The van der Waals surface area contributed by atoms with Crippen LogP contribution < -0.4 is 21.4 Å². The van der Waals surface area contributed by atoms with Crippen LogP contribution in [0, 0.1) is 22.5 Å². The van der Waals surface area contributed by atoms with Gasteiger partial charge in [-0.25, -0.2) is 32.7 Å². The first kappa shape index (κ1) is 55.0. The molecule has 69 heavy (non-hydrogen) atoms. The number of rotatable bonds is 19. The van der Waals surface area contributed by atoms with E-state index in [0.717, 1.165) is 38.9 Å². The predicted molar refractivity (Wildman–Crippen MR) is 216 cm³/mol. The monoisotopic (exact) mass is 1000 g/mol. The number of amides is 4. The van der Waals surface area contributed by atoms with Gasteiger partial charge in [-0.2, -0.15) is 54.1 Å². The summed E-state index contributed by atoms with van der Waals surface area (Å²) in [7, 11) is 1.54. The number of carbonyl (C=O) groups excluding carboxylic acids is 4. The van der Waals surface area contributed by atoms with Gasteiger partial charge in [-0.05, 0) is 63.4 Å². The molecule has 0 spiro atoms. The summed E-state index contributed by atoms with van der Waals surface area (Å²) < 4.78 is 180. The molecule has 0 fully saturated rings. The summed E-state index contributed by atoms with van der Waals surface area (Å²) in [6.45, 7) is -6.39. The fraction of sp³-hybridized carbons (Fsp3) is 0.463. The summed E-state index contributed by atoms with van der Waals surface area (Å²) >= 11 is 0. The van der Waals surface area contributed by atoms with Gasteiger partial charge >= 0.3 is 37.6 Å². The van der Waals surface area contributed by atoms with Gasteiger partial charge in [0.15, 0.2) is 0 Å². The molecule has 380 valence electrons. The fourth-order valence-corrected chi connectivity index (χ4v) is 6.48. The molecule has 0 saturated heterocycles. The van der Waals surface area contributed by atoms with Gasteiger partial charge in [0.25, 0.3) is 5.91 Å². The van der Waals surface area contributed by atoms with Gasteiger partial charge in [-0.15, -0.1) is 0 Å². The molecule has 2 heterocycles. The number of hydrazine groups is 1. The zero-order valence-corrected chi connectivity index (χ0v) is 37.0. The molecule has 0 saturated carbocycles. The Bertz CT molecular complexity index is 2400. The Morgan fingerprint density at radius 2 is 1.23 bits per heavy atom. The lowest BCUT2D eigenvalue weighted by molar-refractivity contribution is -0.221. The maximum Gasteiger partial charge on any atom is 0.407 e. The number of hydrogen-bond acceptors (Lipinski definition) is 10. The minimum Gasteiger partial charge on any atom is -0.453 e. The van der Waals surface area contributed by atoms with E-state index in [1.54, 1.807) is 10.6 Å². The van der Waals surface area contributed by atoms with Crippen molar-refractivity contribution in [1.29, 1.82) is 0 Å². The van der Waals surface area contributed by atoms with Crippen molar-refractivity contribution < 1.29 is 86.4 Å². The van der Waals surface area contributed by atoms with Crippen molar-refractivity contribution in [3.63, 3.8) is 0 Å². The number of halogens is 12. The number of nitrogens with zero attached hydrogens (tertiary/aromatic N) is 5. The molecule has 0 radical (unpaired) electrons. The van der Waals surface area contributed by atoms with Crippen molar-refractivity contribution in [1.82, 2.24) is 45.9 Å². The summed E-state index contributed by atoms with van der Waals surface area (Å²) in [5.74, 6) is -6.25. The fourth-order valence-electron chi connectivity index (χ4n) is 6.48.